The van der Waals surface area contributed by atoms with Gasteiger partial charge in [0.15, 0.2) is 0 Å². The molecule has 6 nitrogen and oxygen atoms in total. The number of halogens is 1. The third-order valence-electron chi connectivity index (χ3n) is 3.56. The normalized spacial score (nSPS) is 12.7. The van der Waals surface area contributed by atoms with Crippen LogP contribution in [0.25, 0.3) is 0 Å². The quantitative estimate of drug-likeness (QED) is 0.643. The summed E-state index contributed by atoms with van der Waals surface area (Å²) in [6.07, 6.45) is 2.15. The Morgan fingerprint density at radius 1 is 1.32 bits per heavy atom. The summed E-state index contributed by atoms with van der Waals surface area (Å²) in [5, 5.41) is 13.0. The maximum atomic E-state index is 11.9. The highest BCUT2D eigenvalue weighted by molar-refractivity contribution is 9.10. The van der Waals surface area contributed by atoms with Gasteiger partial charge in [-0.2, -0.15) is 5.10 Å². The molecule has 0 aliphatic rings. The average Bonchev–Trinajstić information content (AvgIpc) is 2.94. The Morgan fingerprint density at radius 2 is 2.00 bits per heavy atom. The zero-order valence-corrected chi connectivity index (χ0v) is 16.6. The molecule has 0 saturated heterocycles. The molecule has 0 fully saturated rings. The summed E-state index contributed by atoms with van der Waals surface area (Å²) in [7, 11) is 0. The molecule has 2 aromatic rings. The second-order valence-electron chi connectivity index (χ2n) is 6.79. The van der Waals surface area contributed by atoms with Gasteiger partial charge < -0.3 is 10.1 Å². The molecule has 0 saturated carbocycles. The fraction of sp³-hybridized carbons (Fsp3) is 0.444. The molecule has 1 unspecified atom stereocenters. The summed E-state index contributed by atoms with van der Waals surface area (Å²) >= 11 is 3.46. The second-order valence-corrected chi connectivity index (χ2v) is 7.71. The number of nitrogens with one attached hydrogen (secondary N) is 3. The van der Waals surface area contributed by atoms with Crippen LogP contribution >= 0.6 is 15.9 Å². The van der Waals surface area contributed by atoms with E-state index in [1.165, 1.54) is 5.56 Å². The SMILES string of the molecule is CCC(NCc1cn[nH]c1NC(=O)OC(C)(C)C)c1ccc(Br)cc1. The molecule has 25 heavy (non-hydrogen) atoms. The Hall–Kier alpha value is -1.86. The van der Waals surface area contributed by atoms with Crippen LogP contribution in [0.4, 0.5) is 10.6 Å². The maximum Gasteiger partial charge on any atom is 0.413 e. The molecule has 0 spiro atoms. The Labute approximate surface area is 156 Å². The molecule has 1 aromatic carbocycles. The highest BCUT2D eigenvalue weighted by atomic mass is 79.9. The molecule has 0 bridgehead atoms. The van der Waals surface area contributed by atoms with Crippen molar-refractivity contribution in [2.24, 2.45) is 0 Å². The van der Waals surface area contributed by atoms with Gasteiger partial charge in [0.05, 0.1) is 6.20 Å². The fourth-order valence-electron chi connectivity index (χ4n) is 2.39. The van der Waals surface area contributed by atoms with Crippen LogP contribution in [-0.4, -0.2) is 21.9 Å². The predicted octanol–water partition coefficient (Wildman–Crippen LogP) is 4.76. The van der Waals surface area contributed by atoms with E-state index in [0.29, 0.717) is 12.4 Å². The summed E-state index contributed by atoms with van der Waals surface area (Å²) in [6.45, 7) is 8.19. The first-order valence-corrected chi connectivity index (χ1v) is 9.09. The highest BCUT2D eigenvalue weighted by Crippen LogP contribution is 2.21. The number of ether oxygens (including phenoxy) is 1. The molecule has 1 aromatic heterocycles. The van der Waals surface area contributed by atoms with E-state index in [1.807, 2.05) is 32.9 Å². The largest absolute Gasteiger partial charge is 0.444 e. The van der Waals surface area contributed by atoms with E-state index < -0.39 is 11.7 Å². The zero-order valence-electron chi connectivity index (χ0n) is 15.0. The number of hydrogen-bond acceptors (Lipinski definition) is 4. The van der Waals surface area contributed by atoms with E-state index in [9.17, 15) is 4.79 Å². The van der Waals surface area contributed by atoms with Gasteiger partial charge in [-0.05, 0) is 44.9 Å². The lowest BCUT2D eigenvalue weighted by molar-refractivity contribution is 0.0635. The van der Waals surface area contributed by atoms with Crippen molar-refractivity contribution in [3.05, 3.63) is 46.1 Å². The number of benzene rings is 1. The molecule has 3 N–H and O–H groups in total. The highest BCUT2D eigenvalue weighted by Gasteiger charge is 2.18. The van der Waals surface area contributed by atoms with Crippen LogP contribution in [0, 0.1) is 0 Å². The van der Waals surface area contributed by atoms with E-state index in [2.05, 4.69) is 55.8 Å². The molecule has 7 heteroatoms. The van der Waals surface area contributed by atoms with E-state index in [-0.39, 0.29) is 6.04 Å². The monoisotopic (exact) mass is 408 g/mol. The first-order chi connectivity index (χ1) is 11.8. The minimum atomic E-state index is -0.544. The molecular formula is C18H25BrN4O2. The van der Waals surface area contributed by atoms with Crippen LogP contribution in [0.1, 0.15) is 51.3 Å². The van der Waals surface area contributed by atoms with Gasteiger partial charge in [0.2, 0.25) is 0 Å². The lowest BCUT2D eigenvalue weighted by Crippen LogP contribution is -2.28. The van der Waals surface area contributed by atoms with Crippen molar-refractivity contribution in [2.75, 3.05) is 5.32 Å². The summed E-state index contributed by atoms with van der Waals surface area (Å²) in [5.74, 6) is 0.549. The Kier molecular flexibility index (Phi) is 6.61. The van der Waals surface area contributed by atoms with Gasteiger partial charge in [-0.15, -0.1) is 0 Å². The number of carbonyl (C=O) groups excluding carboxylic acids is 1. The molecule has 1 amide bonds. The number of aromatic amines is 1. The van der Waals surface area contributed by atoms with Crippen molar-refractivity contribution in [1.29, 1.82) is 0 Å². The van der Waals surface area contributed by atoms with Crippen LogP contribution in [0.5, 0.6) is 0 Å². The van der Waals surface area contributed by atoms with Gasteiger partial charge in [0, 0.05) is 22.6 Å². The van der Waals surface area contributed by atoms with Crippen LogP contribution < -0.4 is 10.6 Å². The fourth-order valence-corrected chi connectivity index (χ4v) is 2.65. The number of amides is 1. The minimum Gasteiger partial charge on any atom is -0.444 e. The van der Waals surface area contributed by atoms with E-state index in [0.717, 1.165) is 16.5 Å². The van der Waals surface area contributed by atoms with E-state index >= 15 is 0 Å². The lowest BCUT2D eigenvalue weighted by atomic mass is 10.0. The summed E-state index contributed by atoms with van der Waals surface area (Å²) in [4.78, 5) is 11.9. The first-order valence-electron chi connectivity index (χ1n) is 8.29. The summed E-state index contributed by atoms with van der Waals surface area (Å²) in [6, 6.07) is 8.48. The Morgan fingerprint density at radius 3 is 2.60 bits per heavy atom. The van der Waals surface area contributed by atoms with Gasteiger partial charge >= 0.3 is 6.09 Å². The van der Waals surface area contributed by atoms with Gasteiger partial charge in [0.25, 0.3) is 0 Å². The molecule has 136 valence electrons. The van der Waals surface area contributed by atoms with Crippen molar-refractivity contribution >= 4 is 27.8 Å². The topological polar surface area (TPSA) is 79.0 Å². The van der Waals surface area contributed by atoms with Crippen molar-refractivity contribution < 1.29 is 9.53 Å². The molecule has 0 aliphatic heterocycles. The second kappa shape index (κ2) is 8.49. The third-order valence-corrected chi connectivity index (χ3v) is 4.09. The van der Waals surface area contributed by atoms with Gasteiger partial charge in [-0.1, -0.05) is 35.0 Å². The molecule has 1 heterocycles. The summed E-state index contributed by atoms with van der Waals surface area (Å²) < 4.78 is 6.33. The van der Waals surface area contributed by atoms with E-state index in [1.54, 1.807) is 6.20 Å². The molecule has 1 atom stereocenters. The van der Waals surface area contributed by atoms with Gasteiger partial charge in [-0.25, -0.2) is 4.79 Å². The van der Waals surface area contributed by atoms with Crippen molar-refractivity contribution in [1.82, 2.24) is 15.5 Å². The summed E-state index contributed by atoms with van der Waals surface area (Å²) in [5.41, 5.74) is 1.55. The molecule has 0 aliphatic carbocycles. The van der Waals surface area contributed by atoms with Crippen LogP contribution in [0.2, 0.25) is 0 Å². The number of rotatable bonds is 6. The number of anilines is 1. The minimum absolute atomic E-state index is 0.220. The van der Waals surface area contributed by atoms with Crippen LogP contribution in [0.3, 0.4) is 0 Å². The van der Waals surface area contributed by atoms with Crippen molar-refractivity contribution in [3.63, 3.8) is 0 Å². The average molecular weight is 409 g/mol. The number of H-pyrrole nitrogens is 1. The Balaban J connectivity index is 1.98. The predicted molar refractivity (Wildman–Crippen MR) is 102 cm³/mol. The molecular weight excluding hydrogens is 384 g/mol. The van der Waals surface area contributed by atoms with Crippen molar-refractivity contribution in [3.8, 4) is 0 Å². The zero-order chi connectivity index (χ0) is 18.4. The Bertz CT molecular complexity index is 692. The van der Waals surface area contributed by atoms with Crippen LogP contribution in [-0.2, 0) is 11.3 Å². The number of nitrogens with zero attached hydrogens (tertiary/aromatic N) is 1. The smallest absolute Gasteiger partial charge is 0.413 e. The first kappa shape index (κ1) is 19.5. The van der Waals surface area contributed by atoms with Gasteiger partial charge in [-0.3, -0.25) is 10.4 Å². The third kappa shape index (κ3) is 6.17. The molecule has 0 radical (unpaired) electrons. The van der Waals surface area contributed by atoms with Crippen LogP contribution in [0.15, 0.2) is 34.9 Å². The van der Waals surface area contributed by atoms with Gasteiger partial charge in [0.1, 0.15) is 11.4 Å². The number of aromatic nitrogens is 2. The number of carbonyl (C=O) groups is 1. The standard InChI is InChI=1S/C18H25BrN4O2/c1-5-15(12-6-8-14(19)9-7-12)20-10-13-11-21-23-16(13)22-17(24)25-18(2,3)4/h6-9,11,15,20H,5,10H2,1-4H3,(H2,21,22,23,24). The number of hydrogen-bond donors (Lipinski definition) is 3. The molecule has 2 rings (SSSR count). The van der Waals surface area contributed by atoms with Crippen molar-refractivity contribution in [2.45, 2.75) is 52.3 Å². The van der Waals surface area contributed by atoms with E-state index in [4.69, 9.17) is 4.74 Å². The maximum absolute atomic E-state index is 11.9. The lowest BCUT2D eigenvalue weighted by Gasteiger charge is -2.20.